The van der Waals surface area contributed by atoms with Gasteiger partial charge in [0, 0.05) is 12.3 Å². The average molecular weight is 299 g/mol. The van der Waals surface area contributed by atoms with Crippen molar-refractivity contribution < 1.29 is 4.79 Å². The zero-order valence-electron chi connectivity index (χ0n) is 12.0. The second kappa shape index (κ2) is 6.01. The van der Waals surface area contributed by atoms with Crippen LogP contribution in [0.5, 0.6) is 0 Å². The van der Waals surface area contributed by atoms with Gasteiger partial charge >= 0.3 is 5.69 Å². The van der Waals surface area contributed by atoms with Gasteiger partial charge < -0.3 is 5.32 Å². The Morgan fingerprint density at radius 2 is 2.09 bits per heavy atom. The topological polar surface area (TPSA) is 84.0 Å². The predicted molar refractivity (Wildman–Crippen MR) is 81.6 cm³/mol. The standard InChI is InChI=1S/C16H17N3O3/c20-14-8-9-19(16(22)18-14)10-15(21)17-13-7-3-5-11-4-1-2-6-12(11)13/h1-2,4,6,8-9,13H,3,5,7,10H2,(H,17,21)(H,18,20,22)/t13-/m1/s1. The van der Waals surface area contributed by atoms with Crippen molar-refractivity contribution >= 4 is 5.91 Å². The van der Waals surface area contributed by atoms with Gasteiger partial charge in [0.15, 0.2) is 0 Å². The van der Waals surface area contributed by atoms with E-state index in [0.29, 0.717) is 0 Å². The number of carbonyl (C=O) groups excluding carboxylic acids is 1. The van der Waals surface area contributed by atoms with Gasteiger partial charge in [-0.05, 0) is 30.4 Å². The van der Waals surface area contributed by atoms with Crippen molar-refractivity contribution in [3.63, 3.8) is 0 Å². The van der Waals surface area contributed by atoms with Crippen LogP contribution < -0.4 is 16.6 Å². The summed E-state index contributed by atoms with van der Waals surface area (Å²) in [6, 6.07) is 9.30. The van der Waals surface area contributed by atoms with E-state index >= 15 is 0 Å². The van der Waals surface area contributed by atoms with Gasteiger partial charge in [-0.3, -0.25) is 19.1 Å². The number of nitrogens with zero attached hydrogens (tertiary/aromatic N) is 1. The Morgan fingerprint density at radius 3 is 2.91 bits per heavy atom. The van der Waals surface area contributed by atoms with Crippen LogP contribution in [0.3, 0.4) is 0 Å². The molecule has 2 aromatic rings. The minimum atomic E-state index is -0.577. The summed E-state index contributed by atoms with van der Waals surface area (Å²) in [5, 5.41) is 2.97. The van der Waals surface area contributed by atoms with Crippen LogP contribution in [-0.2, 0) is 17.8 Å². The van der Waals surface area contributed by atoms with Gasteiger partial charge in [-0.2, -0.15) is 0 Å². The van der Waals surface area contributed by atoms with Crippen molar-refractivity contribution in [2.24, 2.45) is 0 Å². The summed E-state index contributed by atoms with van der Waals surface area (Å²) in [6.07, 6.45) is 4.28. The Balaban J connectivity index is 1.73. The number of carbonyl (C=O) groups is 1. The first-order chi connectivity index (χ1) is 10.6. The number of aromatic nitrogens is 2. The highest BCUT2D eigenvalue weighted by atomic mass is 16.2. The third kappa shape index (κ3) is 3.00. The normalized spacial score (nSPS) is 16.8. The molecule has 1 aromatic carbocycles. The molecule has 22 heavy (non-hydrogen) atoms. The zero-order chi connectivity index (χ0) is 15.5. The molecular weight excluding hydrogens is 282 g/mol. The Labute approximate surface area is 126 Å². The Bertz CT molecular complexity index is 807. The van der Waals surface area contributed by atoms with E-state index in [4.69, 9.17) is 0 Å². The van der Waals surface area contributed by atoms with Crippen molar-refractivity contribution in [3.05, 3.63) is 68.5 Å². The first-order valence-corrected chi connectivity index (χ1v) is 7.30. The van der Waals surface area contributed by atoms with Crippen LogP contribution in [-0.4, -0.2) is 15.5 Å². The Hall–Kier alpha value is -2.63. The van der Waals surface area contributed by atoms with Crippen LogP contribution in [0, 0.1) is 0 Å². The van der Waals surface area contributed by atoms with E-state index in [1.807, 2.05) is 18.2 Å². The van der Waals surface area contributed by atoms with Gasteiger partial charge in [0.2, 0.25) is 5.91 Å². The third-order valence-corrected chi connectivity index (χ3v) is 3.92. The first-order valence-electron chi connectivity index (χ1n) is 7.30. The van der Waals surface area contributed by atoms with Crippen LogP contribution in [0.25, 0.3) is 0 Å². The smallest absolute Gasteiger partial charge is 0.328 e. The highest BCUT2D eigenvalue weighted by Gasteiger charge is 2.21. The number of hydrogen-bond acceptors (Lipinski definition) is 3. The quantitative estimate of drug-likeness (QED) is 0.876. The Morgan fingerprint density at radius 1 is 1.27 bits per heavy atom. The van der Waals surface area contributed by atoms with E-state index in [9.17, 15) is 14.4 Å². The van der Waals surface area contributed by atoms with E-state index in [0.717, 1.165) is 24.8 Å². The molecule has 0 unspecified atom stereocenters. The lowest BCUT2D eigenvalue weighted by Gasteiger charge is -2.26. The highest BCUT2D eigenvalue weighted by Crippen LogP contribution is 2.29. The summed E-state index contributed by atoms with van der Waals surface area (Å²) in [7, 11) is 0. The molecule has 1 aliphatic carbocycles. The largest absolute Gasteiger partial charge is 0.348 e. The van der Waals surface area contributed by atoms with Crippen LogP contribution in [0.4, 0.5) is 0 Å². The third-order valence-electron chi connectivity index (χ3n) is 3.92. The molecule has 0 radical (unpaired) electrons. The molecule has 0 aliphatic heterocycles. The van der Waals surface area contributed by atoms with Gasteiger partial charge in [-0.15, -0.1) is 0 Å². The molecule has 0 saturated heterocycles. The first kappa shape index (κ1) is 14.3. The maximum absolute atomic E-state index is 12.2. The molecule has 114 valence electrons. The fourth-order valence-electron chi connectivity index (χ4n) is 2.87. The fourth-order valence-corrected chi connectivity index (χ4v) is 2.87. The van der Waals surface area contributed by atoms with Gasteiger partial charge in [0.1, 0.15) is 6.54 Å². The van der Waals surface area contributed by atoms with Crippen molar-refractivity contribution in [1.29, 1.82) is 0 Å². The van der Waals surface area contributed by atoms with E-state index in [1.165, 1.54) is 22.4 Å². The molecule has 0 fully saturated rings. The Kier molecular flexibility index (Phi) is 3.91. The molecule has 2 N–H and O–H groups in total. The monoisotopic (exact) mass is 299 g/mol. The number of aryl methyl sites for hydroxylation is 1. The summed E-state index contributed by atoms with van der Waals surface area (Å²) in [6.45, 7) is -0.103. The maximum atomic E-state index is 12.2. The lowest BCUT2D eigenvalue weighted by molar-refractivity contribution is -0.122. The number of H-pyrrole nitrogens is 1. The summed E-state index contributed by atoms with van der Waals surface area (Å²) < 4.78 is 1.19. The number of rotatable bonds is 3. The molecule has 1 aromatic heterocycles. The molecule has 1 amide bonds. The van der Waals surface area contributed by atoms with Crippen molar-refractivity contribution in [3.8, 4) is 0 Å². The number of hydrogen-bond donors (Lipinski definition) is 2. The SMILES string of the molecule is O=C(Cn1ccc(=O)[nH]c1=O)N[C@@H]1CCCc2ccccc21. The van der Waals surface area contributed by atoms with Crippen LogP contribution >= 0.6 is 0 Å². The van der Waals surface area contributed by atoms with Crippen molar-refractivity contribution in [1.82, 2.24) is 14.9 Å². The van der Waals surface area contributed by atoms with Gasteiger partial charge in [0.25, 0.3) is 5.56 Å². The zero-order valence-corrected chi connectivity index (χ0v) is 12.0. The molecule has 0 saturated carbocycles. The van der Waals surface area contributed by atoms with E-state index < -0.39 is 11.2 Å². The lowest BCUT2D eigenvalue weighted by atomic mass is 9.88. The number of fused-ring (bicyclic) bond motifs is 1. The molecule has 3 rings (SSSR count). The van der Waals surface area contributed by atoms with Crippen molar-refractivity contribution in [2.45, 2.75) is 31.8 Å². The number of benzene rings is 1. The number of aromatic amines is 1. The summed E-state index contributed by atoms with van der Waals surface area (Å²) in [5.41, 5.74) is 1.37. The molecular formula is C16H17N3O3. The van der Waals surface area contributed by atoms with Gasteiger partial charge in [0.05, 0.1) is 6.04 Å². The molecule has 6 nitrogen and oxygen atoms in total. The average Bonchev–Trinajstić information content (AvgIpc) is 2.50. The van der Waals surface area contributed by atoms with Gasteiger partial charge in [-0.1, -0.05) is 24.3 Å². The minimum Gasteiger partial charge on any atom is -0.348 e. The van der Waals surface area contributed by atoms with Crippen LogP contribution in [0.1, 0.15) is 30.0 Å². The number of nitrogens with one attached hydrogen (secondary N) is 2. The van der Waals surface area contributed by atoms with E-state index in [-0.39, 0.29) is 18.5 Å². The van der Waals surface area contributed by atoms with Crippen LogP contribution in [0.15, 0.2) is 46.1 Å². The minimum absolute atomic E-state index is 0.0177. The number of amides is 1. The highest BCUT2D eigenvalue weighted by molar-refractivity contribution is 5.76. The molecule has 1 aliphatic rings. The summed E-state index contributed by atoms with van der Waals surface area (Å²) in [5.74, 6) is -0.240. The molecule has 6 heteroatoms. The van der Waals surface area contributed by atoms with Gasteiger partial charge in [-0.25, -0.2) is 4.79 Å². The molecule has 1 atom stereocenters. The molecule has 0 bridgehead atoms. The fraction of sp³-hybridized carbons (Fsp3) is 0.312. The second-order valence-corrected chi connectivity index (χ2v) is 5.45. The van der Waals surface area contributed by atoms with E-state index in [2.05, 4.69) is 16.4 Å². The summed E-state index contributed by atoms with van der Waals surface area (Å²) >= 11 is 0. The van der Waals surface area contributed by atoms with E-state index in [1.54, 1.807) is 0 Å². The lowest BCUT2D eigenvalue weighted by Crippen LogP contribution is -2.37. The molecule has 1 heterocycles. The predicted octanol–water partition coefficient (Wildman–Crippen LogP) is 0.730. The second-order valence-electron chi connectivity index (χ2n) is 5.45. The van der Waals surface area contributed by atoms with Crippen LogP contribution in [0.2, 0.25) is 0 Å². The maximum Gasteiger partial charge on any atom is 0.328 e. The van der Waals surface area contributed by atoms with Crippen molar-refractivity contribution in [2.75, 3.05) is 0 Å². The molecule has 0 spiro atoms. The summed E-state index contributed by atoms with van der Waals surface area (Å²) in [4.78, 5) is 36.9.